The van der Waals surface area contributed by atoms with Crippen LogP contribution in [0.5, 0.6) is 17.2 Å². The van der Waals surface area contributed by atoms with Crippen LogP contribution in [0.4, 0.5) is 0 Å². The minimum atomic E-state index is -0.0633. The van der Waals surface area contributed by atoms with Crippen molar-refractivity contribution in [3.05, 3.63) is 18.2 Å². The van der Waals surface area contributed by atoms with E-state index in [2.05, 4.69) is 0 Å². The van der Waals surface area contributed by atoms with E-state index < -0.39 is 0 Å². The van der Waals surface area contributed by atoms with Crippen molar-refractivity contribution in [1.82, 2.24) is 0 Å². The Morgan fingerprint density at radius 3 is 1.87 bits per heavy atom. The first-order valence-electron chi connectivity index (χ1n) is 4.35. The predicted molar refractivity (Wildman–Crippen MR) is 53.1 cm³/mol. The molecule has 84 valence electrons. The summed E-state index contributed by atoms with van der Waals surface area (Å²) in [5, 5.41) is 9.68. The van der Waals surface area contributed by atoms with E-state index in [9.17, 15) is 5.11 Å². The molecule has 15 heavy (non-hydrogen) atoms. The van der Waals surface area contributed by atoms with E-state index in [1.165, 1.54) is 14.2 Å². The van der Waals surface area contributed by atoms with Crippen LogP contribution >= 0.6 is 0 Å². The summed E-state index contributed by atoms with van der Waals surface area (Å²) < 4.78 is 19.7. The van der Waals surface area contributed by atoms with Crippen molar-refractivity contribution in [2.45, 2.75) is 0 Å². The fourth-order valence-corrected chi connectivity index (χ4v) is 0.980. The number of hydrogen-bond donors (Lipinski definition) is 1. The van der Waals surface area contributed by atoms with E-state index >= 15 is 0 Å². The highest BCUT2D eigenvalue weighted by Crippen LogP contribution is 2.35. The summed E-state index contributed by atoms with van der Waals surface area (Å²) in [6.07, 6.45) is 0. The highest BCUT2D eigenvalue weighted by Gasteiger charge is 2.08. The molecule has 0 atom stereocenters. The summed E-state index contributed by atoms with van der Waals surface area (Å²) in [7, 11) is 3.00. The number of rotatable bonds is 6. The lowest BCUT2D eigenvalue weighted by Crippen LogP contribution is -2.02. The first-order chi connectivity index (χ1) is 7.29. The summed E-state index contributed by atoms with van der Waals surface area (Å²) in [6.45, 7) is 0.141. The van der Waals surface area contributed by atoms with Gasteiger partial charge in [-0.2, -0.15) is 0 Å². The van der Waals surface area contributed by atoms with Gasteiger partial charge in [0, 0.05) is 14.2 Å². The Balaban J connectivity index is 2.71. The van der Waals surface area contributed by atoms with Crippen LogP contribution in [0.25, 0.3) is 0 Å². The first-order valence-corrected chi connectivity index (χ1v) is 4.35. The van der Waals surface area contributed by atoms with Gasteiger partial charge in [-0.15, -0.1) is 0 Å². The number of aromatic hydroxyl groups is 1. The number of methoxy groups -OCH3 is 2. The number of ether oxygens (including phenoxy) is 4. The quantitative estimate of drug-likeness (QED) is 0.724. The molecule has 0 saturated carbocycles. The van der Waals surface area contributed by atoms with Crippen LogP contribution in [0.15, 0.2) is 18.2 Å². The van der Waals surface area contributed by atoms with Gasteiger partial charge in [0.05, 0.1) is 0 Å². The topological polar surface area (TPSA) is 57.2 Å². The maximum atomic E-state index is 9.68. The van der Waals surface area contributed by atoms with Gasteiger partial charge in [-0.25, -0.2) is 0 Å². The van der Waals surface area contributed by atoms with E-state index in [4.69, 9.17) is 18.9 Å². The number of phenols is 1. The molecular formula is C10H14O5. The molecule has 0 bridgehead atoms. The van der Waals surface area contributed by atoms with E-state index in [-0.39, 0.29) is 19.3 Å². The third kappa shape index (κ3) is 3.30. The zero-order valence-corrected chi connectivity index (χ0v) is 8.73. The molecule has 5 heteroatoms. The minimum Gasteiger partial charge on any atom is -0.502 e. The average molecular weight is 214 g/mol. The Kier molecular flexibility index (Phi) is 4.73. The molecule has 0 fully saturated rings. The van der Waals surface area contributed by atoms with Crippen molar-refractivity contribution in [3.63, 3.8) is 0 Å². The van der Waals surface area contributed by atoms with Crippen molar-refractivity contribution < 1.29 is 24.1 Å². The molecule has 1 rings (SSSR count). The van der Waals surface area contributed by atoms with Crippen LogP contribution in [0.2, 0.25) is 0 Å². The van der Waals surface area contributed by atoms with Crippen LogP contribution in [0, 0.1) is 0 Å². The van der Waals surface area contributed by atoms with Gasteiger partial charge < -0.3 is 24.1 Å². The molecule has 0 radical (unpaired) electrons. The summed E-state index contributed by atoms with van der Waals surface area (Å²) in [6, 6.07) is 4.94. The molecule has 1 aromatic rings. The van der Waals surface area contributed by atoms with Gasteiger partial charge in [0.15, 0.2) is 25.1 Å². The lowest BCUT2D eigenvalue weighted by Gasteiger charge is -2.10. The second-order valence-electron chi connectivity index (χ2n) is 2.70. The van der Waals surface area contributed by atoms with Gasteiger partial charge in [0.25, 0.3) is 0 Å². The standard InChI is InChI=1S/C10H14O5/c1-12-6-14-8-4-3-5-9(10(8)11)15-7-13-2/h3-5,11H,6-7H2,1-2H3. The highest BCUT2D eigenvalue weighted by atomic mass is 16.7. The Bertz CT molecular complexity index is 274. The molecule has 0 unspecified atom stereocenters. The van der Waals surface area contributed by atoms with Crippen LogP contribution in [0.1, 0.15) is 0 Å². The van der Waals surface area contributed by atoms with Gasteiger partial charge in [-0.05, 0) is 12.1 Å². The average Bonchev–Trinajstić information content (AvgIpc) is 2.26. The molecule has 0 aliphatic heterocycles. The number of hydrogen-bond acceptors (Lipinski definition) is 5. The molecule has 5 nitrogen and oxygen atoms in total. The number of phenolic OH excluding ortho intramolecular Hbond substituents is 1. The largest absolute Gasteiger partial charge is 0.502 e. The highest BCUT2D eigenvalue weighted by molar-refractivity contribution is 5.49. The Morgan fingerprint density at radius 1 is 1.00 bits per heavy atom. The summed E-state index contributed by atoms with van der Waals surface area (Å²) in [5.41, 5.74) is 0. The summed E-state index contributed by atoms with van der Waals surface area (Å²) in [5.74, 6) is 0.558. The monoisotopic (exact) mass is 214 g/mol. The molecule has 1 N–H and O–H groups in total. The lowest BCUT2D eigenvalue weighted by molar-refractivity contribution is 0.0423. The molecule has 0 aromatic heterocycles. The van der Waals surface area contributed by atoms with E-state index in [1.807, 2.05) is 0 Å². The molecular weight excluding hydrogens is 200 g/mol. The third-order valence-corrected chi connectivity index (χ3v) is 1.63. The van der Waals surface area contributed by atoms with Gasteiger partial charge in [-0.3, -0.25) is 0 Å². The zero-order valence-electron chi connectivity index (χ0n) is 8.73. The summed E-state index contributed by atoms with van der Waals surface area (Å²) in [4.78, 5) is 0. The number of benzene rings is 1. The van der Waals surface area contributed by atoms with E-state index in [0.717, 1.165) is 0 Å². The fourth-order valence-electron chi connectivity index (χ4n) is 0.980. The van der Waals surface area contributed by atoms with Gasteiger partial charge >= 0.3 is 0 Å². The lowest BCUT2D eigenvalue weighted by atomic mass is 10.3. The molecule has 0 saturated heterocycles. The smallest absolute Gasteiger partial charge is 0.201 e. The fraction of sp³-hybridized carbons (Fsp3) is 0.400. The molecule has 0 aliphatic rings. The van der Waals surface area contributed by atoms with Gasteiger partial charge in [-0.1, -0.05) is 6.07 Å². The maximum Gasteiger partial charge on any atom is 0.201 e. The van der Waals surface area contributed by atoms with Crippen molar-refractivity contribution in [2.24, 2.45) is 0 Å². The van der Waals surface area contributed by atoms with Gasteiger partial charge in [0.1, 0.15) is 0 Å². The zero-order chi connectivity index (χ0) is 11.1. The normalized spacial score (nSPS) is 10.0. The van der Waals surface area contributed by atoms with E-state index in [0.29, 0.717) is 11.5 Å². The molecule has 0 spiro atoms. The van der Waals surface area contributed by atoms with Gasteiger partial charge in [0.2, 0.25) is 5.75 Å². The molecule has 0 amide bonds. The molecule has 1 aromatic carbocycles. The summed E-state index contributed by atoms with van der Waals surface area (Å²) >= 11 is 0. The van der Waals surface area contributed by atoms with Crippen molar-refractivity contribution in [1.29, 1.82) is 0 Å². The maximum absolute atomic E-state index is 9.68. The minimum absolute atomic E-state index is 0.0633. The second-order valence-corrected chi connectivity index (χ2v) is 2.70. The SMILES string of the molecule is COCOc1cccc(OCOC)c1O. The van der Waals surface area contributed by atoms with Crippen LogP contribution < -0.4 is 9.47 Å². The molecule has 0 heterocycles. The Hall–Kier alpha value is -1.46. The second kappa shape index (κ2) is 6.10. The van der Waals surface area contributed by atoms with Crippen molar-refractivity contribution >= 4 is 0 Å². The van der Waals surface area contributed by atoms with Crippen LogP contribution in [-0.2, 0) is 9.47 Å². The van der Waals surface area contributed by atoms with E-state index in [1.54, 1.807) is 18.2 Å². The van der Waals surface area contributed by atoms with Crippen LogP contribution in [0.3, 0.4) is 0 Å². The Labute approximate surface area is 88.1 Å². The van der Waals surface area contributed by atoms with Crippen LogP contribution in [-0.4, -0.2) is 32.9 Å². The molecule has 0 aliphatic carbocycles. The van der Waals surface area contributed by atoms with Crippen molar-refractivity contribution in [3.8, 4) is 17.2 Å². The Morgan fingerprint density at radius 2 is 1.47 bits per heavy atom. The predicted octanol–water partition coefficient (Wildman–Crippen LogP) is 1.36. The first kappa shape index (κ1) is 11.6. The van der Waals surface area contributed by atoms with Crippen molar-refractivity contribution in [2.75, 3.05) is 27.8 Å². The number of para-hydroxylation sites is 1. The third-order valence-electron chi connectivity index (χ3n) is 1.63.